The fourth-order valence-electron chi connectivity index (χ4n) is 4.80. The molecule has 2 unspecified atom stereocenters. The van der Waals surface area contributed by atoms with E-state index in [9.17, 15) is 13.2 Å². The van der Waals surface area contributed by atoms with Gasteiger partial charge in [0.2, 0.25) is 10.0 Å². The maximum absolute atomic E-state index is 12.6. The number of benzene rings is 2. The van der Waals surface area contributed by atoms with Gasteiger partial charge >= 0.3 is 5.97 Å². The molecule has 2 aliphatic heterocycles. The highest BCUT2D eigenvalue weighted by molar-refractivity contribution is 7.90. The third-order valence-corrected chi connectivity index (χ3v) is 9.16. The molecule has 8 heteroatoms. The van der Waals surface area contributed by atoms with Crippen molar-refractivity contribution in [3.8, 4) is 16.9 Å². The molecule has 182 valence electrons. The van der Waals surface area contributed by atoms with Crippen LogP contribution in [0.3, 0.4) is 0 Å². The molecule has 2 N–H and O–H groups in total. The number of sulfonamides is 1. The first kappa shape index (κ1) is 23.5. The summed E-state index contributed by atoms with van der Waals surface area (Å²) in [4.78, 5) is 12.0. The van der Waals surface area contributed by atoms with E-state index in [2.05, 4.69) is 28.2 Å². The number of carbonyl (C=O) groups excluding carboxylic acids is 1. The van der Waals surface area contributed by atoms with Gasteiger partial charge in [-0.2, -0.15) is 0 Å². The number of rotatable bonds is 8. The average Bonchev–Trinajstić information content (AvgIpc) is 3.48. The Hall–Kier alpha value is -2.26. The Bertz CT molecular complexity index is 1150. The van der Waals surface area contributed by atoms with Crippen LogP contribution in [0.2, 0.25) is 0 Å². The Morgan fingerprint density at radius 1 is 1.18 bits per heavy atom. The molecule has 3 aliphatic rings. The first-order chi connectivity index (χ1) is 16.3. The fourth-order valence-corrected chi connectivity index (χ4v) is 5.84. The van der Waals surface area contributed by atoms with Gasteiger partial charge in [0.15, 0.2) is 6.10 Å². The minimum Gasteiger partial charge on any atom is -0.425 e. The topological polar surface area (TPSA) is 93.7 Å². The summed E-state index contributed by atoms with van der Waals surface area (Å²) in [6.45, 7) is 4.90. The molecule has 1 aliphatic carbocycles. The molecule has 1 spiro atoms. The van der Waals surface area contributed by atoms with Crippen molar-refractivity contribution in [3.05, 3.63) is 54.1 Å². The molecule has 0 amide bonds. The maximum Gasteiger partial charge on any atom is 0.340 e. The molecule has 0 aromatic heterocycles. The Kier molecular flexibility index (Phi) is 6.27. The summed E-state index contributed by atoms with van der Waals surface area (Å²) >= 11 is 0. The van der Waals surface area contributed by atoms with Crippen molar-refractivity contribution in [1.29, 1.82) is 0 Å². The monoisotopic (exact) mass is 484 g/mol. The SMILES string of the molecule is CC(C)S(=O)(=O)NC1C(Cc2cccc(-c3ccc(OC(=O)[C@H]4CCO4)cc3)c2)NCC12CC2. The number of carbonyl (C=O) groups is 1. The quantitative estimate of drug-likeness (QED) is 0.442. The molecule has 2 saturated heterocycles. The summed E-state index contributed by atoms with van der Waals surface area (Å²) in [7, 11) is -3.34. The van der Waals surface area contributed by atoms with E-state index in [4.69, 9.17) is 9.47 Å². The third kappa shape index (κ3) is 4.77. The lowest BCUT2D eigenvalue weighted by molar-refractivity contribution is -0.159. The molecule has 0 radical (unpaired) electrons. The molecule has 2 aromatic rings. The lowest BCUT2D eigenvalue weighted by Gasteiger charge is -2.26. The zero-order chi connectivity index (χ0) is 23.9. The maximum atomic E-state index is 12.6. The van der Waals surface area contributed by atoms with Crippen molar-refractivity contribution in [2.24, 2.45) is 5.41 Å². The first-order valence-corrected chi connectivity index (χ1v) is 13.6. The van der Waals surface area contributed by atoms with Gasteiger partial charge in [-0.05, 0) is 61.9 Å². The molecule has 0 bridgehead atoms. The molecular weight excluding hydrogens is 452 g/mol. The second-order valence-corrected chi connectivity index (χ2v) is 12.3. The summed E-state index contributed by atoms with van der Waals surface area (Å²) in [5.41, 5.74) is 3.30. The van der Waals surface area contributed by atoms with Gasteiger partial charge in [-0.1, -0.05) is 36.4 Å². The first-order valence-electron chi connectivity index (χ1n) is 12.0. The van der Waals surface area contributed by atoms with E-state index in [1.807, 2.05) is 18.2 Å². The fraction of sp³-hybridized carbons (Fsp3) is 0.500. The minimum absolute atomic E-state index is 0.0572. The van der Waals surface area contributed by atoms with Crippen LogP contribution >= 0.6 is 0 Å². The average molecular weight is 485 g/mol. The standard InChI is InChI=1S/C26H32N2O5S/c1-17(2)34(30,31)28-24-22(27-16-26(24)11-12-26)15-18-4-3-5-20(14-18)19-6-8-21(9-7-19)33-25(29)23-10-13-32-23/h3-9,14,17,22-24,27-28H,10-13,15-16H2,1-2H3/t22?,23-,24?/m1/s1. The van der Waals surface area contributed by atoms with E-state index in [-0.39, 0.29) is 23.5 Å². The van der Waals surface area contributed by atoms with Gasteiger partial charge in [0.1, 0.15) is 5.75 Å². The lowest BCUT2D eigenvalue weighted by Crippen LogP contribution is -2.49. The van der Waals surface area contributed by atoms with Crippen molar-refractivity contribution in [2.75, 3.05) is 13.2 Å². The zero-order valence-corrected chi connectivity index (χ0v) is 20.4. The van der Waals surface area contributed by atoms with E-state index in [0.717, 1.165) is 42.5 Å². The summed E-state index contributed by atoms with van der Waals surface area (Å²) in [5.74, 6) is 0.159. The van der Waals surface area contributed by atoms with Crippen molar-refractivity contribution in [2.45, 2.75) is 63.0 Å². The molecule has 34 heavy (non-hydrogen) atoms. The van der Waals surface area contributed by atoms with Gasteiger partial charge in [0.25, 0.3) is 0 Å². The van der Waals surface area contributed by atoms with Crippen LogP contribution in [0.4, 0.5) is 0 Å². The highest BCUT2D eigenvalue weighted by Gasteiger charge is 2.57. The second kappa shape index (κ2) is 9.07. The van der Waals surface area contributed by atoms with Crippen LogP contribution in [-0.4, -0.2) is 51.0 Å². The number of ether oxygens (including phenoxy) is 2. The summed E-state index contributed by atoms with van der Waals surface area (Å²) in [6.07, 6.45) is 3.14. The summed E-state index contributed by atoms with van der Waals surface area (Å²) in [5, 5.41) is 3.14. The highest BCUT2D eigenvalue weighted by atomic mass is 32.2. The molecule has 2 aromatic carbocycles. The van der Waals surface area contributed by atoms with Crippen molar-refractivity contribution >= 4 is 16.0 Å². The summed E-state index contributed by atoms with van der Waals surface area (Å²) < 4.78 is 38.8. The Morgan fingerprint density at radius 3 is 2.53 bits per heavy atom. The molecule has 2 heterocycles. The van der Waals surface area contributed by atoms with E-state index in [1.54, 1.807) is 26.0 Å². The normalized spacial score (nSPS) is 25.3. The smallest absolute Gasteiger partial charge is 0.340 e. The van der Waals surface area contributed by atoms with Crippen molar-refractivity contribution in [1.82, 2.24) is 10.0 Å². The predicted molar refractivity (Wildman–Crippen MR) is 130 cm³/mol. The van der Waals surface area contributed by atoms with Gasteiger partial charge in [-0.15, -0.1) is 0 Å². The number of nitrogens with one attached hydrogen (secondary N) is 2. The van der Waals surface area contributed by atoms with E-state index >= 15 is 0 Å². The van der Waals surface area contributed by atoms with Crippen molar-refractivity contribution in [3.63, 3.8) is 0 Å². The molecule has 3 atom stereocenters. The second-order valence-electron chi connectivity index (χ2n) is 10.0. The molecule has 1 saturated carbocycles. The van der Waals surface area contributed by atoms with Crippen LogP contribution in [0.15, 0.2) is 48.5 Å². The third-order valence-electron chi connectivity index (χ3n) is 7.33. The predicted octanol–water partition coefficient (Wildman–Crippen LogP) is 3.04. The molecule has 5 rings (SSSR count). The van der Waals surface area contributed by atoms with Crippen LogP contribution in [-0.2, 0) is 26.0 Å². The largest absolute Gasteiger partial charge is 0.425 e. The van der Waals surface area contributed by atoms with Gasteiger partial charge in [-0.3, -0.25) is 0 Å². The Balaban J connectivity index is 1.28. The van der Waals surface area contributed by atoms with E-state index < -0.39 is 21.4 Å². The van der Waals surface area contributed by atoms with Gasteiger partial charge in [0.05, 0.1) is 11.9 Å². The van der Waals surface area contributed by atoms with Gasteiger partial charge < -0.3 is 14.8 Å². The van der Waals surface area contributed by atoms with E-state index in [1.165, 1.54) is 0 Å². The van der Waals surface area contributed by atoms with Crippen LogP contribution in [0, 0.1) is 5.41 Å². The van der Waals surface area contributed by atoms with Crippen LogP contribution < -0.4 is 14.8 Å². The number of hydrogen-bond donors (Lipinski definition) is 2. The van der Waals surface area contributed by atoms with Crippen LogP contribution in [0.25, 0.3) is 11.1 Å². The van der Waals surface area contributed by atoms with Gasteiger partial charge in [-0.25, -0.2) is 17.9 Å². The van der Waals surface area contributed by atoms with E-state index in [0.29, 0.717) is 18.8 Å². The molecular formula is C26H32N2O5S. The van der Waals surface area contributed by atoms with Crippen LogP contribution in [0.1, 0.15) is 38.7 Å². The van der Waals surface area contributed by atoms with Gasteiger partial charge in [0, 0.05) is 30.5 Å². The minimum atomic E-state index is -3.34. The molecule has 3 fully saturated rings. The number of esters is 1. The van der Waals surface area contributed by atoms with Crippen molar-refractivity contribution < 1.29 is 22.7 Å². The number of hydrogen-bond acceptors (Lipinski definition) is 6. The highest BCUT2D eigenvalue weighted by Crippen LogP contribution is 2.52. The Labute approximate surface area is 201 Å². The molecule has 7 nitrogen and oxygen atoms in total. The Morgan fingerprint density at radius 2 is 1.91 bits per heavy atom. The lowest BCUT2D eigenvalue weighted by atomic mass is 9.92. The van der Waals surface area contributed by atoms with Crippen LogP contribution in [0.5, 0.6) is 5.75 Å². The summed E-state index contributed by atoms with van der Waals surface area (Å²) in [6, 6.07) is 15.8. The zero-order valence-electron chi connectivity index (χ0n) is 19.6.